The predicted octanol–water partition coefficient (Wildman–Crippen LogP) is 4.72. The van der Waals surface area contributed by atoms with Gasteiger partial charge in [0.15, 0.2) is 6.10 Å². The van der Waals surface area contributed by atoms with Gasteiger partial charge in [0.2, 0.25) is 12.4 Å². The molecule has 9 nitrogen and oxygen atoms in total. The van der Waals surface area contributed by atoms with Crippen molar-refractivity contribution in [2.24, 2.45) is 0 Å². The second-order valence-electron chi connectivity index (χ2n) is 9.85. The number of amides is 1. The Hall–Kier alpha value is -4.08. The van der Waals surface area contributed by atoms with E-state index in [0.717, 1.165) is 11.1 Å². The zero-order valence-electron chi connectivity index (χ0n) is 22.2. The van der Waals surface area contributed by atoms with Gasteiger partial charge in [-0.1, -0.05) is 48.5 Å². The normalized spacial score (nSPS) is 23.2. The highest BCUT2D eigenvalue weighted by Gasteiger charge is 2.58. The summed E-state index contributed by atoms with van der Waals surface area (Å²) in [4.78, 5) is 25.5. The van der Waals surface area contributed by atoms with Crippen molar-refractivity contribution in [3.8, 4) is 22.6 Å². The van der Waals surface area contributed by atoms with Crippen LogP contribution in [0.5, 0.6) is 11.5 Å². The van der Waals surface area contributed by atoms with Crippen LogP contribution in [0.25, 0.3) is 11.1 Å². The highest BCUT2D eigenvalue weighted by atomic mass is 16.8. The molecule has 0 saturated carbocycles. The van der Waals surface area contributed by atoms with Crippen molar-refractivity contribution in [1.82, 2.24) is 5.32 Å². The summed E-state index contributed by atoms with van der Waals surface area (Å²) >= 11 is 0. The van der Waals surface area contributed by atoms with Gasteiger partial charge in [0.1, 0.15) is 17.6 Å². The van der Waals surface area contributed by atoms with Crippen molar-refractivity contribution in [2.45, 2.75) is 50.6 Å². The molecule has 39 heavy (non-hydrogen) atoms. The Morgan fingerprint density at radius 2 is 1.64 bits per heavy atom. The molecular formula is C30H31NO8. The molecule has 0 aliphatic carbocycles. The van der Waals surface area contributed by atoms with E-state index in [2.05, 4.69) is 5.32 Å². The Labute approximate surface area is 226 Å². The van der Waals surface area contributed by atoms with Crippen molar-refractivity contribution >= 4 is 12.1 Å². The van der Waals surface area contributed by atoms with E-state index in [9.17, 15) is 9.59 Å². The van der Waals surface area contributed by atoms with E-state index in [-0.39, 0.29) is 5.91 Å². The number of hydrogen-bond donors (Lipinski definition) is 1. The molecule has 3 aromatic carbocycles. The molecule has 3 aromatic rings. The fraction of sp³-hybridized carbons (Fsp3) is 0.333. The summed E-state index contributed by atoms with van der Waals surface area (Å²) < 4.78 is 34.3. The van der Waals surface area contributed by atoms with Crippen molar-refractivity contribution in [3.05, 3.63) is 83.9 Å². The van der Waals surface area contributed by atoms with E-state index in [0.29, 0.717) is 29.2 Å². The maximum absolute atomic E-state index is 13.5. The average molecular weight is 534 g/mol. The van der Waals surface area contributed by atoms with E-state index < -0.39 is 36.4 Å². The summed E-state index contributed by atoms with van der Waals surface area (Å²) in [6.45, 7) is 4.01. The lowest BCUT2D eigenvalue weighted by atomic mass is 9.89. The van der Waals surface area contributed by atoms with Gasteiger partial charge in [-0.15, -0.1) is 0 Å². The van der Waals surface area contributed by atoms with E-state index in [1.165, 1.54) is 7.11 Å². The maximum atomic E-state index is 13.5. The number of ether oxygens (including phenoxy) is 6. The smallest absolute Gasteiger partial charge is 0.496 e. The number of rotatable bonds is 8. The van der Waals surface area contributed by atoms with Crippen LogP contribution in [0.15, 0.2) is 72.8 Å². The minimum absolute atomic E-state index is 0.289. The van der Waals surface area contributed by atoms with Crippen molar-refractivity contribution < 1.29 is 38.0 Å². The number of nitrogens with one attached hydrogen (secondary N) is 1. The van der Waals surface area contributed by atoms with E-state index in [4.69, 9.17) is 28.4 Å². The zero-order chi connectivity index (χ0) is 27.6. The highest BCUT2D eigenvalue weighted by molar-refractivity contribution is 6.02. The standard InChI is InChI=1S/C30H31NO8/c1-30(2)26(35-4)24-25(38-29(33)37-24)28(39-30)36-19-14-15-20(21-12-8-9-13-23(21)34-3)22(16-19)27(32)31-17-18-10-6-5-7-11-18/h5-16,24-26,28H,17H2,1-4H3,(H,31,32)/t24-,25+,26+,28+/m0/s1. The molecule has 1 amide bonds. The van der Waals surface area contributed by atoms with Crippen LogP contribution in [0.1, 0.15) is 29.8 Å². The second-order valence-corrected chi connectivity index (χ2v) is 9.85. The molecule has 0 unspecified atom stereocenters. The Balaban J connectivity index is 1.47. The molecule has 0 bridgehead atoms. The topological polar surface area (TPSA) is 102 Å². The number of methoxy groups -OCH3 is 2. The average Bonchev–Trinajstić information content (AvgIpc) is 3.33. The molecule has 2 aliphatic rings. The van der Waals surface area contributed by atoms with E-state index >= 15 is 0 Å². The monoisotopic (exact) mass is 533 g/mol. The Kier molecular flexibility index (Phi) is 7.45. The third-order valence-electron chi connectivity index (χ3n) is 6.90. The third-order valence-corrected chi connectivity index (χ3v) is 6.90. The summed E-state index contributed by atoms with van der Waals surface area (Å²) in [5, 5.41) is 2.99. The minimum atomic E-state index is -0.986. The van der Waals surface area contributed by atoms with Gasteiger partial charge in [-0.05, 0) is 49.2 Å². The fourth-order valence-corrected chi connectivity index (χ4v) is 5.06. The van der Waals surface area contributed by atoms with Crippen LogP contribution >= 0.6 is 0 Å². The molecule has 204 valence electrons. The molecular weight excluding hydrogens is 502 g/mol. The highest BCUT2D eigenvalue weighted by Crippen LogP contribution is 2.40. The number of fused-ring (bicyclic) bond motifs is 1. The van der Waals surface area contributed by atoms with Crippen LogP contribution in [0.4, 0.5) is 4.79 Å². The first-order valence-electron chi connectivity index (χ1n) is 12.6. The molecule has 2 heterocycles. The Morgan fingerprint density at radius 1 is 0.923 bits per heavy atom. The van der Waals surface area contributed by atoms with Gasteiger partial charge in [0.25, 0.3) is 5.91 Å². The molecule has 2 saturated heterocycles. The molecule has 2 aliphatic heterocycles. The largest absolute Gasteiger partial charge is 0.509 e. The van der Waals surface area contributed by atoms with Gasteiger partial charge in [0.05, 0.1) is 18.3 Å². The summed E-state index contributed by atoms with van der Waals surface area (Å²) in [5.41, 5.74) is 1.93. The van der Waals surface area contributed by atoms with Crippen LogP contribution in [0, 0.1) is 0 Å². The molecule has 0 radical (unpaired) electrons. The first-order valence-corrected chi connectivity index (χ1v) is 12.6. The summed E-state index contributed by atoms with van der Waals surface area (Å²) in [5.74, 6) is 0.698. The second kappa shape index (κ2) is 11.0. The third kappa shape index (κ3) is 5.41. The first kappa shape index (κ1) is 26.5. The number of hydrogen-bond acceptors (Lipinski definition) is 8. The van der Waals surface area contributed by atoms with E-state index in [1.807, 2.05) is 68.4 Å². The van der Waals surface area contributed by atoms with Gasteiger partial charge >= 0.3 is 6.16 Å². The molecule has 9 heteroatoms. The Bertz CT molecular complexity index is 1340. The van der Waals surface area contributed by atoms with Crippen LogP contribution < -0.4 is 14.8 Å². The molecule has 0 spiro atoms. The molecule has 2 fully saturated rings. The summed E-state index contributed by atoms with van der Waals surface area (Å²) in [7, 11) is 3.11. The van der Waals surface area contributed by atoms with Crippen LogP contribution in [0.2, 0.25) is 0 Å². The molecule has 0 aromatic heterocycles. The van der Waals surface area contributed by atoms with Crippen molar-refractivity contribution in [3.63, 3.8) is 0 Å². The lowest BCUT2D eigenvalue weighted by Crippen LogP contribution is -2.62. The van der Waals surface area contributed by atoms with Gasteiger partial charge in [0, 0.05) is 19.2 Å². The zero-order valence-corrected chi connectivity index (χ0v) is 22.2. The van der Waals surface area contributed by atoms with Crippen LogP contribution in [-0.2, 0) is 25.5 Å². The molecule has 5 rings (SSSR count). The number of carbonyl (C=O) groups is 2. The quantitative estimate of drug-likeness (QED) is 0.415. The minimum Gasteiger partial charge on any atom is -0.496 e. The van der Waals surface area contributed by atoms with Gasteiger partial charge in [-0.3, -0.25) is 4.79 Å². The summed E-state index contributed by atoms with van der Waals surface area (Å²) in [6.07, 6.45) is -3.91. The van der Waals surface area contributed by atoms with Gasteiger partial charge < -0.3 is 33.7 Å². The fourth-order valence-electron chi connectivity index (χ4n) is 5.06. The molecule has 4 atom stereocenters. The number of carbonyl (C=O) groups excluding carboxylic acids is 2. The number of benzene rings is 3. The first-order chi connectivity index (χ1) is 18.8. The number of para-hydroxylation sites is 1. The van der Waals surface area contributed by atoms with Crippen LogP contribution in [-0.4, -0.2) is 56.5 Å². The van der Waals surface area contributed by atoms with Gasteiger partial charge in [-0.2, -0.15) is 0 Å². The Morgan fingerprint density at radius 3 is 2.38 bits per heavy atom. The van der Waals surface area contributed by atoms with E-state index in [1.54, 1.807) is 25.3 Å². The maximum Gasteiger partial charge on any atom is 0.509 e. The van der Waals surface area contributed by atoms with Crippen molar-refractivity contribution in [2.75, 3.05) is 14.2 Å². The lowest BCUT2D eigenvalue weighted by molar-refractivity contribution is -0.282. The SMILES string of the molecule is COc1ccccc1-c1ccc(O[C@@H]2OC(C)(C)[C@H](OC)[C@H]3OC(=O)O[C@@H]23)cc1C(=O)NCc1ccccc1. The van der Waals surface area contributed by atoms with Gasteiger partial charge in [-0.25, -0.2) is 4.79 Å². The lowest BCUT2D eigenvalue weighted by Gasteiger charge is -2.45. The predicted molar refractivity (Wildman–Crippen MR) is 142 cm³/mol. The van der Waals surface area contributed by atoms with Crippen molar-refractivity contribution in [1.29, 1.82) is 0 Å². The summed E-state index contributed by atoms with van der Waals surface area (Å²) in [6, 6.07) is 22.3. The molecule has 1 N–H and O–H groups in total. The van der Waals surface area contributed by atoms with Crippen LogP contribution in [0.3, 0.4) is 0 Å².